The van der Waals surface area contributed by atoms with Crippen LogP contribution in [0.4, 0.5) is 14.5 Å². The van der Waals surface area contributed by atoms with Crippen LogP contribution in [0.1, 0.15) is 12.8 Å². The summed E-state index contributed by atoms with van der Waals surface area (Å²) in [4.78, 5) is 0. The van der Waals surface area contributed by atoms with Crippen molar-refractivity contribution in [3.63, 3.8) is 0 Å². The molecule has 1 aromatic rings. The van der Waals surface area contributed by atoms with Crippen molar-refractivity contribution in [3.05, 3.63) is 29.8 Å². The van der Waals surface area contributed by atoms with Crippen molar-refractivity contribution in [3.8, 4) is 0 Å². The molecule has 0 spiro atoms. The smallest absolute Gasteiger partial charge is 0.232 e. The fourth-order valence-electron chi connectivity index (χ4n) is 1.40. The van der Waals surface area contributed by atoms with Crippen molar-refractivity contribution < 1.29 is 17.2 Å². The molecule has 0 amide bonds. The molecule has 0 fully saturated rings. The third kappa shape index (κ3) is 4.58. The Morgan fingerprint density at radius 1 is 1.22 bits per heavy atom. The standard InChI is InChI=1S/C11H16F2N2O2S/c1-14-7-2-3-8-18(16,17)15-10-6-4-5-9(12)11(10)13/h4-6,14-15H,2-3,7-8H2,1H3. The van der Waals surface area contributed by atoms with Gasteiger partial charge in [0.05, 0.1) is 11.4 Å². The Kier molecular flexibility index (Phi) is 5.49. The summed E-state index contributed by atoms with van der Waals surface area (Å²) >= 11 is 0. The highest BCUT2D eigenvalue weighted by Gasteiger charge is 2.14. The van der Waals surface area contributed by atoms with Gasteiger partial charge < -0.3 is 5.32 Å². The molecule has 0 aliphatic carbocycles. The van der Waals surface area contributed by atoms with Crippen molar-refractivity contribution in [2.75, 3.05) is 24.1 Å². The minimum absolute atomic E-state index is 0.120. The molecule has 0 aliphatic rings. The molecule has 0 unspecified atom stereocenters. The maximum Gasteiger partial charge on any atom is 0.232 e. The number of nitrogens with one attached hydrogen (secondary N) is 2. The van der Waals surface area contributed by atoms with Gasteiger partial charge in [0.15, 0.2) is 11.6 Å². The normalized spacial score (nSPS) is 11.5. The number of anilines is 1. The zero-order chi connectivity index (χ0) is 13.6. The molecule has 7 heteroatoms. The van der Waals surface area contributed by atoms with E-state index in [4.69, 9.17) is 0 Å². The topological polar surface area (TPSA) is 58.2 Å². The fourth-order valence-corrected chi connectivity index (χ4v) is 2.57. The molecule has 4 nitrogen and oxygen atoms in total. The molecule has 0 saturated carbocycles. The molecule has 0 aromatic heterocycles. The lowest BCUT2D eigenvalue weighted by atomic mass is 10.3. The monoisotopic (exact) mass is 278 g/mol. The number of hydrogen-bond donors (Lipinski definition) is 2. The lowest BCUT2D eigenvalue weighted by molar-refractivity contribution is 0.511. The van der Waals surface area contributed by atoms with E-state index in [-0.39, 0.29) is 11.4 Å². The maximum absolute atomic E-state index is 13.3. The lowest BCUT2D eigenvalue weighted by Gasteiger charge is -2.09. The predicted octanol–water partition coefficient (Wildman–Crippen LogP) is 1.71. The zero-order valence-electron chi connectivity index (χ0n) is 10.0. The molecule has 18 heavy (non-hydrogen) atoms. The molecule has 102 valence electrons. The average Bonchev–Trinajstić information content (AvgIpc) is 2.31. The van der Waals surface area contributed by atoms with Crippen LogP contribution in [0.3, 0.4) is 0 Å². The second-order valence-corrected chi connectivity index (χ2v) is 5.67. The highest BCUT2D eigenvalue weighted by molar-refractivity contribution is 7.92. The van der Waals surface area contributed by atoms with Gasteiger partial charge in [0.1, 0.15) is 0 Å². The quantitative estimate of drug-likeness (QED) is 0.746. The molecule has 0 radical (unpaired) electrons. The van der Waals surface area contributed by atoms with Crippen molar-refractivity contribution in [2.45, 2.75) is 12.8 Å². The molecule has 2 N–H and O–H groups in total. The zero-order valence-corrected chi connectivity index (χ0v) is 10.9. The van der Waals surface area contributed by atoms with Crippen LogP contribution in [0.15, 0.2) is 18.2 Å². The van der Waals surface area contributed by atoms with E-state index in [0.717, 1.165) is 6.07 Å². The first-order valence-electron chi connectivity index (χ1n) is 5.55. The first-order chi connectivity index (χ1) is 8.46. The number of benzene rings is 1. The van der Waals surface area contributed by atoms with Gasteiger partial charge in [-0.25, -0.2) is 17.2 Å². The second-order valence-electron chi connectivity index (χ2n) is 3.83. The first kappa shape index (κ1) is 14.8. The molecule has 1 rings (SSSR count). The number of halogens is 2. The predicted molar refractivity (Wildman–Crippen MR) is 66.9 cm³/mol. The van der Waals surface area contributed by atoms with Gasteiger partial charge >= 0.3 is 0 Å². The Balaban J connectivity index is 2.62. The van der Waals surface area contributed by atoms with E-state index in [1.807, 2.05) is 4.72 Å². The minimum atomic E-state index is -3.64. The molecule has 0 atom stereocenters. The fraction of sp³-hybridized carbons (Fsp3) is 0.455. The summed E-state index contributed by atoms with van der Waals surface area (Å²) in [5.41, 5.74) is -0.358. The van der Waals surface area contributed by atoms with E-state index >= 15 is 0 Å². The Morgan fingerprint density at radius 3 is 2.61 bits per heavy atom. The molecular formula is C11H16F2N2O2S. The van der Waals surface area contributed by atoms with Gasteiger partial charge in [-0.15, -0.1) is 0 Å². The van der Waals surface area contributed by atoms with Crippen LogP contribution in [-0.4, -0.2) is 27.8 Å². The van der Waals surface area contributed by atoms with Crippen molar-refractivity contribution in [1.82, 2.24) is 5.32 Å². The van der Waals surface area contributed by atoms with Crippen LogP contribution in [0, 0.1) is 11.6 Å². The van der Waals surface area contributed by atoms with E-state index in [0.29, 0.717) is 19.4 Å². The molecule has 0 bridgehead atoms. The van der Waals surface area contributed by atoms with E-state index in [9.17, 15) is 17.2 Å². The highest BCUT2D eigenvalue weighted by atomic mass is 32.2. The van der Waals surface area contributed by atoms with Crippen molar-refractivity contribution in [1.29, 1.82) is 0 Å². The van der Waals surface area contributed by atoms with Crippen LogP contribution >= 0.6 is 0 Å². The minimum Gasteiger partial charge on any atom is -0.320 e. The summed E-state index contributed by atoms with van der Waals surface area (Å²) in [7, 11) is -1.87. The number of hydrogen-bond acceptors (Lipinski definition) is 3. The SMILES string of the molecule is CNCCCCS(=O)(=O)Nc1cccc(F)c1F. The summed E-state index contributed by atoms with van der Waals surface area (Å²) in [6.45, 7) is 0.712. The Bertz CT molecular complexity index is 492. The number of rotatable bonds is 7. The third-order valence-corrected chi connectivity index (χ3v) is 3.66. The summed E-state index contributed by atoms with van der Waals surface area (Å²) < 4.78 is 51.4. The van der Waals surface area contributed by atoms with Crippen LogP contribution < -0.4 is 10.0 Å². The Morgan fingerprint density at radius 2 is 1.94 bits per heavy atom. The lowest BCUT2D eigenvalue weighted by Crippen LogP contribution is -2.19. The molecule has 0 heterocycles. The summed E-state index contributed by atoms with van der Waals surface area (Å²) in [6.07, 6.45) is 1.15. The summed E-state index contributed by atoms with van der Waals surface area (Å²) in [5, 5.41) is 2.90. The Labute approximate surface area is 105 Å². The highest BCUT2D eigenvalue weighted by Crippen LogP contribution is 2.18. The van der Waals surface area contributed by atoms with Gasteiger partial charge in [0, 0.05) is 0 Å². The summed E-state index contributed by atoms with van der Waals surface area (Å²) in [6, 6.07) is 3.36. The largest absolute Gasteiger partial charge is 0.320 e. The van der Waals surface area contributed by atoms with Crippen molar-refractivity contribution >= 4 is 15.7 Å². The van der Waals surface area contributed by atoms with Crippen molar-refractivity contribution in [2.24, 2.45) is 0 Å². The number of sulfonamides is 1. The van der Waals surface area contributed by atoms with Crippen LogP contribution in [0.5, 0.6) is 0 Å². The van der Waals surface area contributed by atoms with Gasteiger partial charge in [-0.05, 0) is 38.6 Å². The van der Waals surface area contributed by atoms with Gasteiger partial charge in [0.2, 0.25) is 10.0 Å². The van der Waals surface area contributed by atoms with Crippen LogP contribution in [0.2, 0.25) is 0 Å². The van der Waals surface area contributed by atoms with Gasteiger partial charge in [0.25, 0.3) is 0 Å². The van der Waals surface area contributed by atoms with E-state index < -0.39 is 21.7 Å². The van der Waals surface area contributed by atoms with Gasteiger partial charge in [-0.3, -0.25) is 4.72 Å². The molecule has 0 saturated heterocycles. The maximum atomic E-state index is 13.3. The number of unbranched alkanes of at least 4 members (excludes halogenated alkanes) is 1. The van der Waals surface area contributed by atoms with E-state index in [1.54, 1.807) is 7.05 Å². The molecular weight excluding hydrogens is 262 g/mol. The second kappa shape index (κ2) is 6.65. The van der Waals surface area contributed by atoms with E-state index in [2.05, 4.69) is 5.32 Å². The third-order valence-electron chi connectivity index (χ3n) is 2.31. The van der Waals surface area contributed by atoms with Gasteiger partial charge in [-0.1, -0.05) is 6.07 Å². The average molecular weight is 278 g/mol. The van der Waals surface area contributed by atoms with E-state index in [1.165, 1.54) is 12.1 Å². The molecule has 1 aromatic carbocycles. The summed E-state index contributed by atoms with van der Waals surface area (Å²) in [5.74, 6) is -2.38. The molecule has 0 aliphatic heterocycles. The Hall–Kier alpha value is -1.21. The first-order valence-corrected chi connectivity index (χ1v) is 7.20. The van der Waals surface area contributed by atoms with Crippen LogP contribution in [0.25, 0.3) is 0 Å². The van der Waals surface area contributed by atoms with Gasteiger partial charge in [-0.2, -0.15) is 0 Å². The van der Waals surface area contributed by atoms with Crippen LogP contribution in [-0.2, 0) is 10.0 Å².